The smallest absolute Gasteiger partial charge is 0.107 e. The van der Waals surface area contributed by atoms with E-state index in [4.69, 9.17) is 27.9 Å². The summed E-state index contributed by atoms with van der Waals surface area (Å²) >= 11 is 11.7. The van der Waals surface area contributed by atoms with Gasteiger partial charge in [-0.3, -0.25) is 0 Å². The molecule has 0 spiro atoms. The normalized spacial score (nSPS) is 21.8. The van der Waals surface area contributed by atoms with Crippen molar-refractivity contribution < 1.29 is 4.74 Å². The molecule has 1 aliphatic heterocycles. The van der Waals surface area contributed by atoms with Gasteiger partial charge in [0.15, 0.2) is 0 Å². The Morgan fingerprint density at radius 1 is 1.36 bits per heavy atom. The molecule has 0 amide bonds. The Bertz CT molecular complexity index is 281. The van der Waals surface area contributed by atoms with Gasteiger partial charge in [0.1, 0.15) is 6.10 Å². The molecule has 58 valence electrons. The van der Waals surface area contributed by atoms with Crippen molar-refractivity contribution in [3.63, 3.8) is 0 Å². The van der Waals surface area contributed by atoms with Crippen molar-refractivity contribution in [2.75, 3.05) is 6.61 Å². The molecule has 0 aromatic heterocycles. The van der Waals surface area contributed by atoms with Gasteiger partial charge in [-0.2, -0.15) is 0 Å². The Hall–Kier alpha value is -0.240. The van der Waals surface area contributed by atoms with Gasteiger partial charge < -0.3 is 4.74 Å². The van der Waals surface area contributed by atoms with Gasteiger partial charge in [0, 0.05) is 5.56 Å². The maximum Gasteiger partial charge on any atom is 0.107 e. The van der Waals surface area contributed by atoms with E-state index in [1.54, 1.807) is 6.07 Å². The summed E-state index contributed by atoms with van der Waals surface area (Å²) in [5.41, 5.74) is 0.999. The third-order valence-corrected chi connectivity index (χ3v) is 2.50. The molecule has 1 heterocycles. The number of halogens is 2. The topological polar surface area (TPSA) is 12.5 Å². The van der Waals surface area contributed by atoms with E-state index < -0.39 is 0 Å². The second kappa shape index (κ2) is 2.67. The summed E-state index contributed by atoms with van der Waals surface area (Å²) in [6.07, 6.45) is 0.182. The molecular formula is C8H6Cl2O. The van der Waals surface area contributed by atoms with Crippen LogP contribution in [0.15, 0.2) is 18.2 Å². The first kappa shape index (κ1) is 7.41. The first-order valence-corrected chi connectivity index (χ1v) is 4.10. The van der Waals surface area contributed by atoms with Gasteiger partial charge in [0.2, 0.25) is 0 Å². The molecular weight excluding hydrogens is 183 g/mol. The summed E-state index contributed by atoms with van der Waals surface area (Å²) in [6, 6.07) is 5.59. The summed E-state index contributed by atoms with van der Waals surface area (Å²) in [5, 5.41) is 1.22. The highest BCUT2D eigenvalue weighted by Crippen LogP contribution is 2.37. The van der Waals surface area contributed by atoms with E-state index in [0.29, 0.717) is 10.0 Å². The molecule has 3 heteroatoms. The first-order valence-electron chi connectivity index (χ1n) is 3.34. The van der Waals surface area contributed by atoms with Crippen LogP contribution in [0.2, 0.25) is 10.0 Å². The lowest BCUT2D eigenvalue weighted by atomic mass is 10.2. The molecule has 0 aliphatic carbocycles. The Morgan fingerprint density at radius 2 is 2.09 bits per heavy atom. The molecule has 0 unspecified atom stereocenters. The standard InChI is InChI=1S/C8H6Cl2O/c9-6-3-1-2-5(8(6)10)7-4-11-7/h1-3,7H,4H2/t7-/m0/s1. The molecule has 0 N–H and O–H groups in total. The minimum Gasteiger partial charge on any atom is -0.368 e. The zero-order valence-electron chi connectivity index (χ0n) is 5.68. The lowest BCUT2D eigenvalue weighted by Crippen LogP contribution is -1.82. The SMILES string of the molecule is Clc1cccc([C@@H]2CO2)c1Cl. The van der Waals surface area contributed by atoms with Gasteiger partial charge in [-0.25, -0.2) is 0 Å². The fraction of sp³-hybridized carbons (Fsp3) is 0.250. The monoisotopic (exact) mass is 188 g/mol. The molecule has 1 nitrogen and oxygen atoms in total. The zero-order chi connectivity index (χ0) is 7.84. The Morgan fingerprint density at radius 3 is 2.73 bits per heavy atom. The van der Waals surface area contributed by atoms with E-state index in [1.165, 1.54) is 0 Å². The molecule has 11 heavy (non-hydrogen) atoms. The van der Waals surface area contributed by atoms with Gasteiger partial charge in [0.05, 0.1) is 16.7 Å². The molecule has 1 saturated heterocycles. The van der Waals surface area contributed by atoms with Crippen molar-refractivity contribution in [1.82, 2.24) is 0 Å². The minimum absolute atomic E-state index is 0.182. The summed E-state index contributed by atoms with van der Waals surface area (Å²) in [4.78, 5) is 0. The van der Waals surface area contributed by atoms with Crippen LogP contribution in [0, 0.1) is 0 Å². The second-order valence-electron chi connectivity index (χ2n) is 2.47. The van der Waals surface area contributed by atoms with Crippen molar-refractivity contribution >= 4 is 23.2 Å². The highest BCUT2D eigenvalue weighted by Gasteiger charge is 2.27. The van der Waals surface area contributed by atoms with Gasteiger partial charge in [-0.15, -0.1) is 0 Å². The van der Waals surface area contributed by atoms with Gasteiger partial charge in [-0.05, 0) is 6.07 Å². The number of hydrogen-bond acceptors (Lipinski definition) is 1. The summed E-state index contributed by atoms with van der Waals surface area (Å²) in [7, 11) is 0. The van der Waals surface area contributed by atoms with Crippen LogP contribution < -0.4 is 0 Å². The fourth-order valence-electron chi connectivity index (χ4n) is 0.997. The molecule has 0 radical (unpaired) electrons. The van der Waals surface area contributed by atoms with Crippen LogP contribution >= 0.6 is 23.2 Å². The molecule has 0 bridgehead atoms. The van der Waals surface area contributed by atoms with Crippen molar-refractivity contribution in [1.29, 1.82) is 0 Å². The van der Waals surface area contributed by atoms with Crippen LogP contribution in [-0.4, -0.2) is 6.61 Å². The molecule has 1 aromatic carbocycles. The van der Waals surface area contributed by atoms with Crippen LogP contribution in [0.5, 0.6) is 0 Å². The summed E-state index contributed by atoms with van der Waals surface area (Å²) < 4.78 is 5.09. The van der Waals surface area contributed by atoms with Crippen molar-refractivity contribution in [2.24, 2.45) is 0 Å². The van der Waals surface area contributed by atoms with Crippen LogP contribution in [-0.2, 0) is 4.74 Å². The van der Waals surface area contributed by atoms with E-state index in [1.807, 2.05) is 12.1 Å². The molecule has 0 saturated carbocycles. The van der Waals surface area contributed by atoms with Crippen molar-refractivity contribution in [3.8, 4) is 0 Å². The highest BCUT2D eigenvalue weighted by atomic mass is 35.5. The maximum absolute atomic E-state index is 5.92. The molecule has 1 fully saturated rings. The number of benzene rings is 1. The van der Waals surface area contributed by atoms with Crippen LogP contribution in [0.3, 0.4) is 0 Å². The Labute approximate surface area is 74.9 Å². The van der Waals surface area contributed by atoms with Crippen molar-refractivity contribution in [3.05, 3.63) is 33.8 Å². The fourth-order valence-corrected chi connectivity index (χ4v) is 1.43. The highest BCUT2D eigenvalue weighted by molar-refractivity contribution is 6.42. The van der Waals surface area contributed by atoms with Crippen LogP contribution in [0.25, 0.3) is 0 Å². The van der Waals surface area contributed by atoms with E-state index in [2.05, 4.69) is 0 Å². The second-order valence-corrected chi connectivity index (χ2v) is 3.25. The van der Waals surface area contributed by atoms with E-state index in [0.717, 1.165) is 12.2 Å². The largest absolute Gasteiger partial charge is 0.368 e. The quantitative estimate of drug-likeness (QED) is 0.618. The third-order valence-electron chi connectivity index (χ3n) is 1.66. The average Bonchev–Trinajstić information content (AvgIpc) is 2.77. The summed E-state index contributed by atoms with van der Waals surface area (Å²) in [6.45, 7) is 0.764. The van der Waals surface area contributed by atoms with Gasteiger partial charge >= 0.3 is 0 Å². The lowest BCUT2D eigenvalue weighted by molar-refractivity contribution is 0.416. The first-order chi connectivity index (χ1) is 5.29. The van der Waals surface area contributed by atoms with Crippen LogP contribution in [0.4, 0.5) is 0 Å². The number of hydrogen-bond donors (Lipinski definition) is 0. The molecule has 2 rings (SSSR count). The van der Waals surface area contributed by atoms with Crippen molar-refractivity contribution in [2.45, 2.75) is 6.10 Å². The zero-order valence-corrected chi connectivity index (χ0v) is 7.19. The molecule has 1 aliphatic rings. The molecule has 1 atom stereocenters. The minimum atomic E-state index is 0.182. The number of epoxide rings is 1. The van der Waals surface area contributed by atoms with Gasteiger partial charge in [-0.1, -0.05) is 35.3 Å². The van der Waals surface area contributed by atoms with Gasteiger partial charge in [0.25, 0.3) is 0 Å². The van der Waals surface area contributed by atoms with E-state index in [9.17, 15) is 0 Å². The molecule has 1 aromatic rings. The lowest BCUT2D eigenvalue weighted by Gasteiger charge is -2.00. The number of ether oxygens (including phenoxy) is 1. The number of rotatable bonds is 1. The Kier molecular flexibility index (Phi) is 1.80. The van der Waals surface area contributed by atoms with E-state index in [-0.39, 0.29) is 6.10 Å². The van der Waals surface area contributed by atoms with E-state index >= 15 is 0 Å². The Balaban J connectivity index is 2.45. The van der Waals surface area contributed by atoms with Crippen LogP contribution in [0.1, 0.15) is 11.7 Å². The average molecular weight is 189 g/mol. The summed E-state index contributed by atoms with van der Waals surface area (Å²) in [5.74, 6) is 0. The third kappa shape index (κ3) is 1.36. The predicted molar refractivity (Wildman–Crippen MR) is 45.2 cm³/mol. The predicted octanol–water partition coefficient (Wildman–Crippen LogP) is 3.06. The maximum atomic E-state index is 5.92.